The SMILES string of the molecule is O=C1NC(=S)S/C1=C/c1ccc(-c2ccc(Cl)c(Cl)c2)s1. The van der Waals surface area contributed by atoms with Crippen molar-refractivity contribution in [3.8, 4) is 10.4 Å². The number of nitrogens with one attached hydrogen (secondary N) is 1. The third kappa shape index (κ3) is 3.33. The summed E-state index contributed by atoms with van der Waals surface area (Å²) in [6, 6.07) is 9.48. The fourth-order valence-electron chi connectivity index (χ4n) is 1.79. The minimum Gasteiger partial charge on any atom is -0.307 e. The van der Waals surface area contributed by atoms with Gasteiger partial charge in [-0.1, -0.05) is 53.2 Å². The molecule has 0 bridgehead atoms. The van der Waals surface area contributed by atoms with Gasteiger partial charge in [0.1, 0.15) is 4.32 Å². The van der Waals surface area contributed by atoms with Crippen molar-refractivity contribution in [1.82, 2.24) is 5.32 Å². The molecule has 3 rings (SSSR count). The lowest BCUT2D eigenvalue weighted by Crippen LogP contribution is -2.17. The maximum Gasteiger partial charge on any atom is 0.263 e. The van der Waals surface area contributed by atoms with E-state index in [4.69, 9.17) is 35.4 Å². The lowest BCUT2D eigenvalue weighted by Gasteiger charge is -1.99. The second kappa shape index (κ2) is 6.10. The van der Waals surface area contributed by atoms with Gasteiger partial charge in [0, 0.05) is 9.75 Å². The molecule has 2 heterocycles. The largest absolute Gasteiger partial charge is 0.307 e. The third-order valence-corrected chi connectivity index (χ3v) is 5.73. The molecule has 0 aliphatic carbocycles. The number of amides is 1. The summed E-state index contributed by atoms with van der Waals surface area (Å²) >= 11 is 19.8. The zero-order valence-electron chi connectivity index (χ0n) is 10.4. The van der Waals surface area contributed by atoms with E-state index in [0.717, 1.165) is 15.3 Å². The highest BCUT2D eigenvalue weighted by atomic mass is 35.5. The second-order valence-electron chi connectivity index (χ2n) is 4.18. The summed E-state index contributed by atoms with van der Waals surface area (Å²) in [4.78, 5) is 14.3. The van der Waals surface area contributed by atoms with Crippen molar-refractivity contribution in [2.75, 3.05) is 0 Å². The van der Waals surface area contributed by atoms with Crippen molar-refractivity contribution in [3.63, 3.8) is 0 Å². The van der Waals surface area contributed by atoms with Crippen molar-refractivity contribution in [3.05, 3.63) is 50.2 Å². The first kappa shape index (κ1) is 15.1. The van der Waals surface area contributed by atoms with Gasteiger partial charge in [-0.15, -0.1) is 11.3 Å². The van der Waals surface area contributed by atoms with Crippen LogP contribution in [0.25, 0.3) is 16.5 Å². The van der Waals surface area contributed by atoms with Gasteiger partial charge >= 0.3 is 0 Å². The van der Waals surface area contributed by atoms with Gasteiger partial charge in [0.05, 0.1) is 15.0 Å². The predicted octanol–water partition coefficient (Wildman–Crippen LogP) is 5.21. The fourth-order valence-corrected chi connectivity index (χ4v) is 4.14. The molecule has 1 saturated heterocycles. The molecule has 0 saturated carbocycles. The minimum absolute atomic E-state index is 0.144. The van der Waals surface area contributed by atoms with Crippen LogP contribution in [0, 0.1) is 0 Å². The number of carbonyl (C=O) groups is 1. The third-order valence-electron chi connectivity index (χ3n) is 2.75. The molecule has 1 N–H and O–H groups in total. The average molecular weight is 372 g/mol. The second-order valence-corrected chi connectivity index (χ2v) is 7.83. The van der Waals surface area contributed by atoms with Gasteiger partial charge < -0.3 is 5.32 Å². The lowest BCUT2D eigenvalue weighted by molar-refractivity contribution is -0.115. The van der Waals surface area contributed by atoms with E-state index in [-0.39, 0.29) is 5.91 Å². The standard InChI is InChI=1S/C14H7Cl2NOS3/c15-9-3-1-7(5-10(9)16)11-4-2-8(20-11)6-12-13(18)17-14(19)21-12/h1-6H,(H,17,18,19)/b12-6+. The van der Waals surface area contributed by atoms with Crippen LogP contribution in [0.15, 0.2) is 35.2 Å². The van der Waals surface area contributed by atoms with Gasteiger partial charge in [-0.25, -0.2) is 0 Å². The molecule has 106 valence electrons. The molecule has 0 unspecified atom stereocenters. The summed E-state index contributed by atoms with van der Waals surface area (Å²) in [7, 11) is 0. The molecular formula is C14H7Cl2NOS3. The van der Waals surface area contributed by atoms with E-state index in [1.807, 2.05) is 30.3 Å². The zero-order valence-corrected chi connectivity index (χ0v) is 14.3. The molecule has 1 aromatic carbocycles. The van der Waals surface area contributed by atoms with Gasteiger partial charge in [-0.3, -0.25) is 4.79 Å². The molecule has 1 aromatic heterocycles. The fraction of sp³-hybridized carbons (Fsp3) is 0. The molecule has 0 atom stereocenters. The normalized spacial score (nSPS) is 16.6. The number of thioether (sulfide) groups is 1. The molecule has 0 spiro atoms. The Morgan fingerprint density at radius 1 is 1.14 bits per heavy atom. The summed E-state index contributed by atoms with van der Waals surface area (Å²) in [5, 5.41) is 3.66. The number of hydrogen-bond donors (Lipinski definition) is 1. The predicted molar refractivity (Wildman–Crippen MR) is 96.1 cm³/mol. The van der Waals surface area contributed by atoms with Crippen molar-refractivity contribution < 1.29 is 4.79 Å². The molecule has 1 amide bonds. The van der Waals surface area contributed by atoms with Crippen LogP contribution in [-0.4, -0.2) is 10.2 Å². The van der Waals surface area contributed by atoms with E-state index >= 15 is 0 Å². The van der Waals surface area contributed by atoms with Crippen LogP contribution < -0.4 is 5.32 Å². The molecule has 1 fully saturated rings. The van der Waals surface area contributed by atoms with Gasteiger partial charge in [0.15, 0.2) is 0 Å². The van der Waals surface area contributed by atoms with E-state index in [1.54, 1.807) is 17.4 Å². The molecule has 21 heavy (non-hydrogen) atoms. The number of carbonyl (C=O) groups excluding carboxylic acids is 1. The highest BCUT2D eigenvalue weighted by Gasteiger charge is 2.22. The molecule has 1 aliphatic rings. The first-order chi connectivity index (χ1) is 10.0. The Morgan fingerprint density at radius 3 is 2.62 bits per heavy atom. The van der Waals surface area contributed by atoms with Crippen LogP contribution in [-0.2, 0) is 4.79 Å². The topological polar surface area (TPSA) is 29.1 Å². The van der Waals surface area contributed by atoms with Crippen molar-refractivity contribution in [2.45, 2.75) is 0 Å². The maximum atomic E-state index is 11.6. The molecule has 2 nitrogen and oxygen atoms in total. The molecule has 0 radical (unpaired) electrons. The Balaban J connectivity index is 1.90. The quantitative estimate of drug-likeness (QED) is 0.580. The Morgan fingerprint density at radius 2 is 1.95 bits per heavy atom. The number of hydrogen-bond acceptors (Lipinski definition) is 4. The Labute approximate surface area is 145 Å². The number of thiocarbonyl (C=S) groups is 1. The monoisotopic (exact) mass is 371 g/mol. The van der Waals surface area contributed by atoms with Gasteiger partial charge in [-0.2, -0.15) is 0 Å². The van der Waals surface area contributed by atoms with Crippen LogP contribution >= 0.6 is 58.5 Å². The van der Waals surface area contributed by atoms with Crippen molar-refractivity contribution >= 4 is 74.8 Å². The Kier molecular flexibility index (Phi) is 4.38. The van der Waals surface area contributed by atoms with Crippen LogP contribution in [0.3, 0.4) is 0 Å². The van der Waals surface area contributed by atoms with Gasteiger partial charge in [-0.05, 0) is 35.9 Å². The highest BCUT2D eigenvalue weighted by molar-refractivity contribution is 8.26. The highest BCUT2D eigenvalue weighted by Crippen LogP contribution is 2.35. The van der Waals surface area contributed by atoms with Crippen molar-refractivity contribution in [1.29, 1.82) is 0 Å². The van der Waals surface area contributed by atoms with E-state index in [2.05, 4.69) is 5.32 Å². The molecule has 1 aliphatic heterocycles. The summed E-state index contributed by atoms with van der Waals surface area (Å²) in [6.45, 7) is 0. The van der Waals surface area contributed by atoms with Crippen LogP contribution in [0.2, 0.25) is 10.0 Å². The van der Waals surface area contributed by atoms with Crippen molar-refractivity contribution in [2.24, 2.45) is 0 Å². The van der Waals surface area contributed by atoms with E-state index < -0.39 is 0 Å². The number of benzene rings is 1. The Hall–Kier alpha value is -0.850. The average Bonchev–Trinajstić information content (AvgIpc) is 3.01. The molecular weight excluding hydrogens is 365 g/mol. The maximum absolute atomic E-state index is 11.6. The van der Waals surface area contributed by atoms with Crippen LogP contribution in [0.5, 0.6) is 0 Å². The Bertz CT molecular complexity index is 782. The number of rotatable bonds is 2. The van der Waals surface area contributed by atoms with Crippen LogP contribution in [0.4, 0.5) is 0 Å². The lowest BCUT2D eigenvalue weighted by atomic mass is 10.2. The minimum atomic E-state index is -0.144. The number of thiophene rings is 1. The van der Waals surface area contributed by atoms with E-state index in [1.165, 1.54) is 11.8 Å². The molecule has 7 heteroatoms. The van der Waals surface area contributed by atoms with Crippen LogP contribution in [0.1, 0.15) is 4.88 Å². The number of halogens is 2. The first-order valence-corrected chi connectivity index (χ1v) is 8.63. The summed E-state index contributed by atoms with van der Waals surface area (Å²) in [5.41, 5.74) is 0.998. The van der Waals surface area contributed by atoms with E-state index in [0.29, 0.717) is 19.3 Å². The summed E-state index contributed by atoms with van der Waals surface area (Å²) in [5.74, 6) is -0.144. The molecule has 2 aromatic rings. The van der Waals surface area contributed by atoms with E-state index in [9.17, 15) is 4.79 Å². The van der Waals surface area contributed by atoms with Gasteiger partial charge in [0.2, 0.25) is 0 Å². The zero-order chi connectivity index (χ0) is 15.0. The smallest absolute Gasteiger partial charge is 0.263 e. The first-order valence-electron chi connectivity index (χ1n) is 5.83. The van der Waals surface area contributed by atoms with Gasteiger partial charge in [0.25, 0.3) is 5.91 Å². The summed E-state index contributed by atoms with van der Waals surface area (Å²) < 4.78 is 0.493. The summed E-state index contributed by atoms with van der Waals surface area (Å²) in [6.07, 6.45) is 1.84.